The zero-order chi connectivity index (χ0) is 15.8. The molecule has 21 heavy (non-hydrogen) atoms. The number of para-hydroxylation sites is 1. The van der Waals surface area contributed by atoms with E-state index < -0.39 is 5.97 Å². The first kappa shape index (κ1) is 17.2. The zero-order valence-corrected chi connectivity index (χ0v) is 13.3. The minimum absolute atomic E-state index is 0.296. The Kier molecular flexibility index (Phi) is 6.96. The predicted octanol–water partition coefficient (Wildman–Crippen LogP) is 2.98. The normalized spacial score (nSPS) is 13.3. The van der Waals surface area contributed by atoms with E-state index in [0.717, 1.165) is 17.7 Å². The number of methoxy groups -OCH3 is 1. The minimum atomic E-state index is -0.830. The Bertz CT molecular complexity index is 497. The van der Waals surface area contributed by atoms with Gasteiger partial charge in [0.25, 0.3) is 0 Å². The zero-order valence-electron chi connectivity index (χ0n) is 13.3. The van der Waals surface area contributed by atoms with Gasteiger partial charge in [-0.05, 0) is 38.4 Å². The molecule has 0 heterocycles. The number of carbonyl (C=O) groups is 1. The van der Waals surface area contributed by atoms with Gasteiger partial charge in [0.15, 0.2) is 0 Å². The maximum absolute atomic E-state index is 11.0. The average Bonchev–Trinajstić information content (AvgIpc) is 2.47. The lowest BCUT2D eigenvalue weighted by molar-refractivity contribution is -0.132. The molecule has 0 amide bonds. The Morgan fingerprint density at radius 1 is 1.43 bits per heavy atom. The van der Waals surface area contributed by atoms with Crippen LogP contribution < -0.4 is 4.74 Å². The second-order valence-electron chi connectivity index (χ2n) is 5.19. The molecule has 0 aliphatic rings. The van der Waals surface area contributed by atoms with Gasteiger partial charge >= 0.3 is 5.97 Å². The molecule has 0 bridgehead atoms. The molecule has 1 rings (SSSR count). The molecule has 0 saturated carbocycles. The smallest absolute Gasteiger partial charge is 0.331 e. The van der Waals surface area contributed by atoms with Gasteiger partial charge in [-0.25, -0.2) is 4.79 Å². The van der Waals surface area contributed by atoms with Crippen LogP contribution in [0.2, 0.25) is 0 Å². The Hall–Kier alpha value is -1.81. The second kappa shape index (κ2) is 8.47. The van der Waals surface area contributed by atoms with Gasteiger partial charge in [-0.15, -0.1) is 0 Å². The molecule has 4 nitrogen and oxygen atoms in total. The summed E-state index contributed by atoms with van der Waals surface area (Å²) < 4.78 is 5.36. The van der Waals surface area contributed by atoms with E-state index in [4.69, 9.17) is 9.84 Å². The van der Waals surface area contributed by atoms with Gasteiger partial charge in [0, 0.05) is 18.2 Å². The standard InChI is InChI=1S/C17H25NO3/c1-5-14(17(19)20)10-11-18(3)13(2)12-15-8-6-7-9-16(15)21-4/h6-10,13H,5,11-12H2,1-4H3,(H,19,20). The van der Waals surface area contributed by atoms with E-state index in [1.54, 1.807) is 13.2 Å². The molecule has 1 N–H and O–H groups in total. The summed E-state index contributed by atoms with van der Waals surface area (Å²) in [5.41, 5.74) is 1.63. The fraction of sp³-hybridized carbons (Fsp3) is 0.471. The topological polar surface area (TPSA) is 49.8 Å². The van der Waals surface area contributed by atoms with Gasteiger partial charge in [-0.3, -0.25) is 4.90 Å². The van der Waals surface area contributed by atoms with Crippen LogP contribution in [-0.4, -0.2) is 42.7 Å². The molecule has 0 aliphatic carbocycles. The fourth-order valence-corrected chi connectivity index (χ4v) is 2.16. The molecule has 1 atom stereocenters. The van der Waals surface area contributed by atoms with E-state index in [1.165, 1.54) is 0 Å². The van der Waals surface area contributed by atoms with Crippen LogP contribution in [0.15, 0.2) is 35.9 Å². The Labute approximate surface area is 127 Å². The van der Waals surface area contributed by atoms with Crippen molar-refractivity contribution in [3.63, 3.8) is 0 Å². The van der Waals surface area contributed by atoms with Crippen molar-refractivity contribution in [3.8, 4) is 5.75 Å². The highest BCUT2D eigenvalue weighted by Crippen LogP contribution is 2.20. The van der Waals surface area contributed by atoms with E-state index in [-0.39, 0.29) is 0 Å². The lowest BCUT2D eigenvalue weighted by Crippen LogP contribution is -2.31. The monoisotopic (exact) mass is 291 g/mol. The van der Waals surface area contributed by atoms with Crippen molar-refractivity contribution in [3.05, 3.63) is 41.5 Å². The number of carboxylic acids is 1. The summed E-state index contributed by atoms with van der Waals surface area (Å²) >= 11 is 0. The molecule has 0 spiro atoms. The van der Waals surface area contributed by atoms with Gasteiger partial charge < -0.3 is 9.84 Å². The molecular formula is C17H25NO3. The van der Waals surface area contributed by atoms with Gasteiger partial charge in [0.1, 0.15) is 5.75 Å². The van der Waals surface area contributed by atoms with Crippen LogP contribution >= 0.6 is 0 Å². The van der Waals surface area contributed by atoms with Crippen molar-refractivity contribution in [2.45, 2.75) is 32.7 Å². The highest BCUT2D eigenvalue weighted by Gasteiger charge is 2.12. The quantitative estimate of drug-likeness (QED) is 0.748. The predicted molar refractivity (Wildman–Crippen MR) is 84.8 cm³/mol. The molecule has 1 unspecified atom stereocenters. The van der Waals surface area contributed by atoms with Crippen molar-refractivity contribution in [2.75, 3.05) is 20.7 Å². The number of hydrogen-bond acceptors (Lipinski definition) is 3. The fourth-order valence-electron chi connectivity index (χ4n) is 2.16. The van der Waals surface area contributed by atoms with Crippen molar-refractivity contribution >= 4 is 5.97 Å². The van der Waals surface area contributed by atoms with Crippen molar-refractivity contribution in [1.82, 2.24) is 4.90 Å². The maximum Gasteiger partial charge on any atom is 0.331 e. The molecule has 0 radical (unpaired) electrons. The molecule has 116 valence electrons. The van der Waals surface area contributed by atoms with Crippen LogP contribution in [0.4, 0.5) is 0 Å². The van der Waals surface area contributed by atoms with Gasteiger partial charge in [0.2, 0.25) is 0 Å². The molecule has 1 aromatic carbocycles. The summed E-state index contributed by atoms with van der Waals surface area (Å²) in [6, 6.07) is 8.28. The van der Waals surface area contributed by atoms with Crippen molar-refractivity contribution < 1.29 is 14.6 Å². The van der Waals surface area contributed by atoms with Crippen molar-refractivity contribution in [2.24, 2.45) is 0 Å². The number of aliphatic carboxylic acids is 1. The Morgan fingerprint density at radius 2 is 2.10 bits per heavy atom. The summed E-state index contributed by atoms with van der Waals surface area (Å²) in [6.07, 6.45) is 3.20. The third-order valence-electron chi connectivity index (χ3n) is 3.74. The van der Waals surface area contributed by atoms with Crippen LogP contribution in [0.25, 0.3) is 0 Å². The number of rotatable bonds is 8. The number of ether oxygens (including phenoxy) is 1. The van der Waals surface area contributed by atoms with Gasteiger partial charge in [-0.2, -0.15) is 0 Å². The lowest BCUT2D eigenvalue weighted by Gasteiger charge is -2.24. The first-order valence-corrected chi connectivity index (χ1v) is 7.24. The van der Waals surface area contributed by atoms with Crippen LogP contribution in [0.5, 0.6) is 5.75 Å². The summed E-state index contributed by atoms with van der Waals surface area (Å²) in [5.74, 6) is 0.0661. The summed E-state index contributed by atoms with van der Waals surface area (Å²) in [6.45, 7) is 4.62. The van der Waals surface area contributed by atoms with E-state index in [0.29, 0.717) is 24.6 Å². The van der Waals surface area contributed by atoms with Gasteiger partial charge in [-0.1, -0.05) is 31.2 Å². The molecule has 0 aromatic heterocycles. The minimum Gasteiger partial charge on any atom is -0.496 e. The molecule has 0 aliphatic heterocycles. The average molecular weight is 291 g/mol. The van der Waals surface area contributed by atoms with E-state index >= 15 is 0 Å². The highest BCUT2D eigenvalue weighted by molar-refractivity contribution is 5.86. The summed E-state index contributed by atoms with van der Waals surface area (Å²) in [5, 5.41) is 9.02. The second-order valence-corrected chi connectivity index (χ2v) is 5.19. The van der Waals surface area contributed by atoms with Crippen LogP contribution in [0, 0.1) is 0 Å². The summed E-state index contributed by atoms with van der Waals surface area (Å²) in [7, 11) is 3.68. The molecule has 0 saturated heterocycles. The third kappa shape index (κ3) is 5.23. The highest BCUT2D eigenvalue weighted by atomic mass is 16.5. The number of likely N-dealkylation sites (N-methyl/N-ethyl adjacent to an activating group) is 1. The number of hydrogen-bond donors (Lipinski definition) is 1. The lowest BCUT2D eigenvalue weighted by atomic mass is 10.0. The van der Waals surface area contributed by atoms with Crippen LogP contribution in [0.3, 0.4) is 0 Å². The molecule has 0 fully saturated rings. The number of benzene rings is 1. The van der Waals surface area contributed by atoms with Crippen LogP contribution in [-0.2, 0) is 11.2 Å². The van der Waals surface area contributed by atoms with Gasteiger partial charge in [0.05, 0.1) is 7.11 Å². The Balaban J connectivity index is 2.66. The number of carboxylic acid groups (broad SMARTS) is 1. The Morgan fingerprint density at radius 3 is 2.67 bits per heavy atom. The van der Waals surface area contributed by atoms with E-state index in [2.05, 4.69) is 17.9 Å². The molecule has 1 aromatic rings. The molecular weight excluding hydrogens is 266 g/mol. The third-order valence-corrected chi connectivity index (χ3v) is 3.74. The van der Waals surface area contributed by atoms with Crippen LogP contribution in [0.1, 0.15) is 25.8 Å². The first-order valence-electron chi connectivity index (χ1n) is 7.24. The first-order chi connectivity index (χ1) is 9.99. The van der Waals surface area contributed by atoms with E-state index in [1.807, 2.05) is 32.2 Å². The SMILES string of the molecule is CCC(=CCN(C)C(C)Cc1ccccc1OC)C(=O)O. The summed E-state index contributed by atoms with van der Waals surface area (Å²) in [4.78, 5) is 13.1. The van der Waals surface area contributed by atoms with E-state index in [9.17, 15) is 4.79 Å². The maximum atomic E-state index is 11.0. The number of nitrogens with zero attached hydrogens (tertiary/aromatic N) is 1. The van der Waals surface area contributed by atoms with Crippen molar-refractivity contribution in [1.29, 1.82) is 0 Å². The largest absolute Gasteiger partial charge is 0.496 e. The molecule has 4 heteroatoms.